The van der Waals surface area contributed by atoms with Crippen molar-refractivity contribution in [3.8, 4) is 0 Å². The third-order valence-corrected chi connectivity index (χ3v) is 5.03. The average Bonchev–Trinajstić information content (AvgIpc) is 2.55. The molecule has 1 N–H and O–H groups in total. The number of aryl methyl sites for hydroxylation is 1. The van der Waals surface area contributed by atoms with E-state index >= 15 is 0 Å². The van der Waals surface area contributed by atoms with E-state index in [1.165, 1.54) is 0 Å². The highest BCUT2D eigenvalue weighted by atomic mass is 32.2. The third-order valence-electron chi connectivity index (χ3n) is 3.87. The number of benzene rings is 2. The molecule has 0 saturated heterocycles. The predicted octanol–water partition coefficient (Wildman–Crippen LogP) is 2.75. The highest BCUT2D eigenvalue weighted by Gasteiger charge is 2.24. The molecule has 1 amide bonds. The van der Waals surface area contributed by atoms with Gasteiger partial charge < -0.3 is 5.32 Å². The summed E-state index contributed by atoms with van der Waals surface area (Å²) >= 11 is 0. The van der Waals surface area contributed by atoms with Gasteiger partial charge in [-0.3, -0.25) is 9.10 Å². The lowest BCUT2D eigenvalue weighted by molar-refractivity contribution is -0.121. The second-order valence-corrected chi connectivity index (χ2v) is 7.77. The summed E-state index contributed by atoms with van der Waals surface area (Å²) in [6, 6.07) is 10.6. The van der Waals surface area contributed by atoms with Crippen LogP contribution in [0.15, 0.2) is 42.5 Å². The summed E-state index contributed by atoms with van der Waals surface area (Å²) < 4.78 is 52.3. The van der Waals surface area contributed by atoms with E-state index in [0.717, 1.165) is 35.6 Å². The summed E-state index contributed by atoms with van der Waals surface area (Å²) in [5.41, 5.74) is 1.27. The topological polar surface area (TPSA) is 66.5 Å². The molecule has 26 heavy (non-hydrogen) atoms. The van der Waals surface area contributed by atoms with Crippen molar-refractivity contribution in [2.45, 2.75) is 19.9 Å². The van der Waals surface area contributed by atoms with Crippen LogP contribution in [0.4, 0.5) is 14.5 Å². The Morgan fingerprint density at radius 1 is 1.08 bits per heavy atom. The van der Waals surface area contributed by atoms with Crippen LogP contribution in [0.1, 0.15) is 17.5 Å². The molecule has 2 rings (SSSR count). The van der Waals surface area contributed by atoms with Gasteiger partial charge in [-0.05, 0) is 30.2 Å². The zero-order valence-electron chi connectivity index (χ0n) is 14.5. The van der Waals surface area contributed by atoms with E-state index in [1.807, 2.05) is 31.2 Å². The number of sulfonamides is 1. The SMILES string of the molecule is Cc1ccccc1CNC(=O)CCN(c1c(F)cccc1F)S(C)(=O)=O. The van der Waals surface area contributed by atoms with Crippen molar-refractivity contribution in [2.24, 2.45) is 0 Å². The molecule has 8 heteroatoms. The third kappa shape index (κ3) is 5.01. The largest absolute Gasteiger partial charge is 0.352 e. The van der Waals surface area contributed by atoms with Gasteiger partial charge in [0.1, 0.15) is 5.69 Å². The smallest absolute Gasteiger partial charge is 0.232 e. The second kappa shape index (κ2) is 8.27. The molecular formula is C18H20F2N2O3S. The molecule has 0 aliphatic rings. The van der Waals surface area contributed by atoms with Gasteiger partial charge in [0.25, 0.3) is 0 Å². The first-order chi connectivity index (χ1) is 12.2. The molecule has 0 saturated carbocycles. The fourth-order valence-electron chi connectivity index (χ4n) is 2.46. The normalized spacial score (nSPS) is 11.2. The van der Waals surface area contributed by atoms with Crippen LogP contribution in [0.25, 0.3) is 0 Å². The minimum absolute atomic E-state index is 0.229. The Bertz CT molecular complexity index is 881. The van der Waals surface area contributed by atoms with Gasteiger partial charge in [-0.2, -0.15) is 0 Å². The van der Waals surface area contributed by atoms with E-state index in [1.54, 1.807) is 0 Å². The molecule has 0 bridgehead atoms. The first kappa shape index (κ1) is 19.8. The van der Waals surface area contributed by atoms with Crippen LogP contribution in [0.2, 0.25) is 0 Å². The standard InChI is InChI=1S/C18H20F2N2O3S/c1-13-6-3-4-7-14(13)12-21-17(23)10-11-22(26(2,24)25)18-15(19)8-5-9-16(18)20/h3-9H,10-12H2,1-2H3,(H,21,23). The first-order valence-electron chi connectivity index (χ1n) is 7.93. The maximum Gasteiger partial charge on any atom is 0.232 e. The summed E-state index contributed by atoms with van der Waals surface area (Å²) in [6.07, 6.45) is 0.608. The molecular weight excluding hydrogens is 362 g/mol. The van der Waals surface area contributed by atoms with Gasteiger partial charge in [-0.1, -0.05) is 30.3 Å². The summed E-state index contributed by atoms with van der Waals surface area (Å²) in [5.74, 6) is -2.43. The number of anilines is 1. The van der Waals surface area contributed by atoms with Gasteiger partial charge >= 0.3 is 0 Å². The summed E-state index contributed by atoms with van der Waals surface area (Å²) in [5, 5.41) is 2.68. The fraction of sp³-hybridized carbons (Fsp3) is 0.278. The van der Waals surface area contributed by atoms with Crippen LogP contribution in [0, 0.1) is 18.6 Å². The first-order valence-corrected chi connectivity index (χ1v) is 9.78. The van der Waals surface area contributed by atoms with Gasteiger partial charge in [0.15, 0.2) is 11.6 Å². The summed E-state index contributed by atoms with van der Waals surface area (Å²) in [6.45, 7) is 1.84. The molecule has 140 valence electrons. The monoisotopic (exact) mass is 382 g/mol. The fourth-order valence-corrected chi connectivity index (χ4v) is 3.39. The van der Waals surface area contributed by atoms with E-state index in [4.69, 9.17) is 0 Å². The number of halogens is 2. The van der Waals surface area contributed by atoms with E-state index in [-0.39, 0.29) is 13.0 Å². The van der Waals surface area contributed by atoms with Gasteiger partial charge in [0.05, 0.1) is 6.26 Å². The minimum atomic E-state index is -3.96. The molecule has 0 aromatic heterocycles. The Balaban J connectivity index is 2.06. The van der Waals surface area contributed by atoms with Crippen molar-refractivity contribution in [1.29, 1.82) is 0 Å². The number of rotatable bonds is 7. The highest BCUT2D eigenvalue weighted by Crippen LogP contribution is 2.25. The lowest BCUT2D eigenvalue weighted by Gasteiger charge is -2.23. The maximum absolute atomic E-state index is 13.9. The Kier molecular flexibility index (Phi) is 6.31. The van der Waals surface area contributed by atoms with E-state index in [2.05, 4.69) is 5.32 Å². The number of carbonyl (C=O) groups excluding carboxylic acids is 1. The molecule has 0 unspecified atom stereocenters. The Labute approximate surface area is 151 Å². The summed E-state index contributed by atoms with van der Waals surface area (Å²) in [7, 11) is -3.96. The number of nitrogens with one attached hydrogen (secondary N) is 1. The van der Waals surface area contributed by atoms with Gasteiger partial charge in [0.2, 0.25) is 15.9 Å². The lowest BCUT2D eigenvalue weighted by atomic mass is 10.1. The van der Waals surface area contributed by atoms with Crippen LogP contribution in [-0.4, -0.2) is 27.1 Å². The number of para-hydroxylation sites is 1. The lowest BCUT2D eigenvalue weighted by Crippen LogP contribution is -2.35. The van der Waals surface area contributed by atoms with Gasteiger partial charge in [-0.25, -0.2) is 17.2 Å². The Hall–Kier alpha value is -2.48. The number of amides is 1. The number of nitrogens with zero attached hydrogens (tertiary/aromatic N) is 1. The number of hydrogen-bond acceptors (Lipinski definition) is 3. The molecule has 0 fully saturated rings. The van der Waals surface area contributed by atoms with Crippen molar-refractivity contribution in [2.75, 3.05) is 17.1 Å². The molecule has 5 nitrogen and oxygen atoms in total. The maximum atomic E-state index is 13.9. The molecule has 0 aliphatic carbocycles. The average molecular weight is 382 g/mol. The second-order valence-electron chi connectivity index (χ2n) is 5.86. The van der Waals surface area contributed by atoms with Crippen molar-refractivity contribution in [3.63, 3.8) is 0 Å². The van der Waals surface area contributed by atoms with E-state index in [0.29, 0.717) is 10.8 Å². The molecule has 0 spiro atoms. The molecule has 0 aliphatic heterocycles. The van der Waals surface area contributed by atoms with E-state index < -0.39 is 33.3 Å². The van der Waals surface area contributed by atoms with Crippen LogP contribution >= 0.6 is 0 Å². The van der Waals surface area contributed by atoms with Crippen molar-refractivity contribution in [3.05, 3.63) is 65.2 Å². The Morgan fingerprint density at radius 2 is 1.69 bits per heavy atom. The molecule has 2 aromatic rings. The van der Waals surface area contributed by atoms with Crippen molar-refractivity contribution < 1.29 is 22.0 Å². The van der Waals surface area contributed by atoms with Gasteiger partial charge in [0, 0.05) is 19.5 Å². The summed E-state index contributed by atoms with van der Waals surface area (Å²) in [4.78, 5) is 12.0. The Morgan fingerprint density at radius 3 is 2.27 bits per heavy atom. The van der Waals surface area contributed by atoms with Crippen molar-refractivity contribution in [1.82, 2.24) is 5.32 Å². The highest BCUT2D eigenvalue weighted by molar-refractivity contribution is 7.92. The molecule has 0 heterocycles. The van der Waals surface area contributed by atoms with Crippen molar-refractivity contribution >= 4 is 21.6 Å². The van der Waals surface area contributed by atoms with Crippen LogP contribution in [0.5, 0.6) is 0 Å². The van der Waals surface area contributed by atoms with E-state index in [9.17, 15) is 22.0 Å². The zero-order valence-corrected chi connectivity index (χ0v) is 15.3. The quantitative estimate of drug-likeness (QED) is 0.801. The molecule has 0 atom stereocenters. The minimum Gasteiger partial charge on any atom is -0.352 e. The van der Waals surface area contributed by atoms with Crippen LogP contribution in [-0.2, 0) is 21.4 Å². The predicted molar refractivity (Wildman–Crippen MR) is 96.2 cm³/mol. The molecule has 0 radical (unpaired) electrons. The zero-order chi connectivity index (χ0) is 19.3. The molecule has 2 aromatic carbocycles. The van der Waals surface area contributed by atoms with Crippen LogP contribution in [0.3, 0.4) is 0 Å². The van der Waals surface area contributed by atoms with Crippen LogP contribution < -0.4 is 9.62 Å². The van der Waals surface area contributed by atoms with Gasteiger partial charge in [-0.15, -0.1) is 0 Å². The number of carbonyl (C=O) groups is 1. The number of hydrogen-bond donors (Lipinski definition) is 1.